The molecule has 0 saturated heterocycles. The number of hydrogen-bond acceptors (Lipinski definition) is 4. The monoisotopic (exact) mass is 338 g/mol. The van der Waals surface area contributed by atoms with Gasteiger partial charge in [-0.3, -0.25) is 9.59 Å². The molecule has 0 fully saturated rings. The number of hydrogen-bond donors (Lipinski definition) is 2. The molecule has 0 unspecified atom stereocenters. The first-order chi connectivity index (χ1) is 11.5. The average molecular weight is 338 g/mol. The molecule has 0 bridgehead atoms. The van der Waals surface area contributed by atoms with Crippen molar-refractivity contribution >= 4 is 11.8 Å². The lowest BCUT2D eigenvalue weighted by atomic mass is 10.1. The van der Waals surface area contributed by atoms with Crippen LogP contribution in [0.2, 0.25) is 0 Å². The summed E-state index contributed by atoms with van der Waals surface area (Å²) in [6, 6.07) is 9.15. The van der Waals surface area contributed by atoms with Crippen LogP contribution in [0.4, 0.5) is 8.78 Å². The van der Waals surface area contributed by atoms with Crippen molar-refractivity contribution in [1.29, 1.82) is 0 Å². The Morgan fingerprint density at radius 1 is 1.08 bits per heavy atom. The second kappa shape index (κ2) is 8.66. The van der Waals surface area contributed by atoms with Crippen molar-refractivity contribution in [2.45, 2.75) is 19.6 Å². The minimum Gasteiger partial charge on any atom is -0.467 e. The Kier molecular flexibility index (Phi) is 6.30. The largest absolute Gasteiger partial charge is 0.467 e. The summed E-state index contributed by atoms with van der Waals surface area (Å²) < 4.78 is 33.3. The van der Waals surface area contributed by atoms with Gasteiger partial charge in [-0.15, -0.1) is 0 Å². The van der Waals surface area contributed by atoms with Gasteiger partial charge in [0.25, 0.3) is 0 Å². The minimum atomic E-state index is -2.89. The fraction of sp³-hybridized carbons (Fsp3) is 0.250. The Bertz CT molecular complexity index is 657. The Morgan fingerprint density at radius 2 is 1.83 bits per heavy atom. The van der Waals surface area contributed by atoms with Crippen LogP contribution in [-0.2, 0) is 22.6 Å². The molecule has 0 aliphatic carbocycles. The van der Waals surface area contributed by atoms with Gasteiger partial charge >= 0.3 is 6.61 Å². The van der Waals surface area contributed by atoms with Gasteiger partial charge in [0.05, 0.1) is 25.8 Å². The number of halogens is 2. The second-order valence-electron chi connectivity index (χ2n) is 4.83. The predicted molar refractivity (Wildman–Crippen MR) is 80.3 cm³/mol. The SMILES string of the molecule is O=C(CNC(=O)Cc1ccc(OC(F)F)cc1)NCc1ccco1. The highest BCUT2D eigenvalue weighted by Gasteiger charge is 2.08. The highest BCUT2D eigenvalue weighted by molar-refractivity contribution is 5.85. The molecule has 0 aliphatic heterocycles. The molecule has 0 radical (unpaired) electrons. The first-order valence-corrected chi connectivity index (χ1v) is 7.12. The molecule has 0 atom stereocenters. The Hall–Kier alpha value is -2.90. The zero-order valence-corrected chi connectivity index (χ0v) is 12.6. The fourth-order valence-corrected chi connectivity index (χ4v) is 1.88. The Morgan fingerprint density at radius 3 is 2.46 bits per heavy atom. The van der Waals surface area contributed by atoms with E-state index in [1.165, 1.54) is 30.5 Å². The second-order valence-corrected chi connectivity index (χ2v) is 4.83. The third-order valence-electron chi connectivity index (χ3n) is 3.00. The number of rotatable bonds is 8. The van der Waals surface area contributed by atoms with E-state index < -0.39 is 6.61 Å². The molecule has 1 aromatic carbocycles. The number of furan rings is 1. The minimum absolute atomic E-state index is 0.0199. The van der Waals surface area contributed by atoms with Crippen molar-refractivity contribution < 1.29 is 27.5 Å². The van der Waals surface area contributed by atoms with Crippen molar-refractivity contribution in [2.75, 3.05) is 6.54 Å². The highest BCUT2D eigenvalue weighted by atomic mass is 19.3. The third-order valence-corrected chi connectivity index (χ3v) is 3.00. The summed E-state index contributed by atoms with van der Waals surface area (Å²) in [4.78, 5) is 23.3. The quantitative estimate of drug-likeness (QED) is 0.770. The molecule has 2 rings (SSSR count). The van der Waals surface area contributed by atoms with Crippen LogP contribution in [0, 0.1) is 0 Å². The van der Waals surface area contributed by atoms with E-state index in [1.54, 1.807) is 12.1 Å². The molecular formula is C16H16F2N2O4. The van der Waals surface area contributed by atoms with E-state index in [2.05, 4.69) is 15.4 Å². The topological polar surface area (TPSA) is 80.6 Å². The number of benzene rings is 1. The number of nitrogens with one attached hydrogen (secondary N) is 2. The van der Waals surface area contributed by atoms with E-state index in [0.717, 1.165) is 0 Å². The number of carbonyl (C=O) groups is 2. The van der Waals surface area contributed by atoms with Crippen molar-refractivity contribution in [3.8, 4) is 5.75 Å². The Balaban J connectivity index is 1.69. The van der Waals surface area contributed by atoms with E-state index in [0.29, 0.717) is 11.3 Å². The molecule has 2 aromatic rings. The van der Waals surface area contributed by atoms with Crippen LogP contribution >= 0.6 is 0 Å². The van der Waals surface area contributed by atoms with Gasteiger partial charge in [0.1, 0.15) is 11.5 Å². The molecular weight excluding hydrogens is 322 g/mol. The van der Waals surface area contributed by atoms with E-state index >= 15 is 0 Å². The van der Waals surface area contributed by atoms with Gasteiger partial charge < -0.3 is 19.8 Å². The molecule has 0 saturated carbocycles. The maximum atomic E-state index is 12.0. The standard InChI is InChI=1S/C16H16F2N2O4/c17-16(18)24-12-5-3-11(4-6-12)8-14(21)20-10-15(22)19-9-13-2-1-7-23-13/h1-7,16H,8-10H2,(H,19,22)(H,20,21). The van der Waals surface area contributed by atoms with Gasteiger partial charge in [0.2, 0.25) is 11.8 Å². The maximum absolute atomic E-state index is 12.0. The lowest BCUT2D eigenvalue weighted by Crippen LogP contribution is -2.37. The summed E-state index contributed by atoms with van der Waals surface area (Å²) >= 11 is 0. The molecule has 128 valence electrons. The normalized spacial score (nSPS) is 10.5. The lowest BCUT2D eigenvalue weighted by molar-refractivity contribution is -0.125. The smallest absolute Gasteiger partial charge is 0.387 e. The van der Waals surface area contributed by atoms with Crippen molar-refractivity contribution in [1.82, 2.24) is 10.6 Å². The van der Waals surface area contributed by atoms with E-state index in [1.807, 2.05) is 0 Å². The van der Waals surface area contributed by atoms with Gasteiger partial charge in [0.15, 0.2) is 0 Å². The summed E-state index contributed by atoms with van der Waals surface area (Å²) in [6.45, 7) is -2.81. The Labute approximate surface area is 136 Å². The first-order valence-electron chi connectivity index (χ1n) is 7.12. The van der Waals surface area contributed by atoms with Crippen LogP contribution in [0.25, 0.3) is 0 Å². The van der Waals surface area contributed by atoms with Crippen LogP contribution in [-0.4, -0.2) is 25.0 Å². The third kappa shape index (κ3) is 6.07. The van der Waals surface area contributed by atoms with Gasteiger partial charge in [-0.2, -0.15) is 8.78 Å². The number of ether oxygens (including phenoxy) is 1. The summed E-state index contributed by atoms with van der Waals surface area (Å²) in [7, 11) is 0. The molecule has 0 spiro atoms. The first kappa shape index (κ1) is 17.5. The molecule has 2 amide bonds. The maximum Gasteiger partial charge on any atom is 0.387 e. The molecule has 1 heterocycles. The van der Waals surface area contributed by atoms with Gasteiger partial charge in [-0.1, -0.05) is 12.1 Å². The molecule has 2 N–H and O–H groups in total. The molecule has 1 aromatic heterocycles. The van der Waals surface area contributed by atoms with E-state index in [-0.39, 0.29) is 37.1 Å². The van der Waals surface area contributed by atoms with Crippen LogP contribution in [0.1, 0.15) is 11.3 Å². The van der Waals surface area contributed by atoms with Crippen LogP contribution in [0.3, 0.4) is 0 Å². The van der Waals surface area contributed by atoms with Crippen molar-refractivity contribution in [2.24, 2.45) is 0 Å². The summed E-state index contributed by atoms with van der Waals surface area (Å²) in [5.74, 6) is -0.0710. The number of carbonyl (C=O) groups excluding carboxylic acids is 2. The zero-order valence-electron chi connectivity index (χ0n) is 12.6. The van der Waals surface area contributed by atoms with Gasteiger partial charge in [-0.05, 0) is 29.8 Å². The van der Waals surface area contributed by atoms with Gasteiger partial charge in [0, 0.05) is 0 Å². The molecule has 8 heteroatoms. The van der Waals surface area contributed by atoms with Crippen molar-refractivity contribution in [3.05, 3.63) is 54.0 Å². The summed E-state index contributed by atoms with van der Waals surface area (Å²) in [5.41, 5.74) is 0.616. The molecule has 6 nitrogen and oxygen atoms in total. The van der Waals surface area contributed by atoms with Crippen LogP contribution in [0.15, 0.2) is 47.1 Å². The number of alkyl halides is 2. The predicted octanol–water partition coefficient (Wildman–Crippen LogP) is 1.86. The zero-order chi connectivity index (χ0) is 17.4. The highest BCUT2D eigenvalue weighted by Crippen LogP contribution is 2.15. The number of amides is 2. The van der Waals surface area contributed by atoms with E-state index in [4.69, 9.17) is 4.42 Å². The van der Waals surface area contributed by atoms with Crippen molar-refractivity contribution in [3.63, 3.8) is 0 Å². The van der Waals surface area contributed by atoms with E-state index in [9.17, 15) is 18.4 Å². The van der Waals surface area contributed by atoms with Crippen LogP contribution in [0.5, 0.6) is 5.75 Å². The van der Waals surface area contributed by atoms with Crippen LogP contribution < -0.4 is 15.4 Å². The lowest BCUT2D eigenvalue weighted by Gasteiger charge is -2.07. The molecule has 24 heavy (non-hydrogen) atoms. The summed E-state index contributed by atoms with van der Waals surface area (Å²) in [5, 5.41) is 5.07. The average Bonchev–Trinajstić information content (AvgIpc) is 3.06. The molecule has 0 aliphatic rings. The fourth-order valence-electron chi connectivity index (χ4n) is 1.88. The van der Waals surface area contributed by atoms with Gasteiger partial charge in [-0.25, -0.2) is 0 Å². The summed E-state index contributed by atoms with van der Waals surface area (Å²) in [6.07, 6.45) is 1.53.